The lowest BCUT2D eigenvalue weighted by Gasteiger charge is -2.14. The molecule has 0 aliphatic carbocycles. The molecule has 0 saturated carbocycles. The number of fused-ring (bicyclic) bond motifs is 10. The normalized spacial score (nSPS) is 12.6. The first kappa shape index (κ1) is 94.3. The first-order chi connectivity index (χ1) is 71.1. The van der Waals surface area contributed by atoms with Crippen molar-refractivity contribution in [2.75, 3.05) is 0 Å². The predicted molar refractivity (Wildman–Crippen MR) is 537 cm³/mol. The summed E-state index contributed by atoms with van der Waals surface area (Å²) in [5, 5.41) is 52.5. The molecule has 5 atom stereocenters. The molecule has 0 N–H and O–H groups in total. The van der Waals surface area contributed by atoms with Gasteiger partial charge < -0.3 is 27.4 Å². The number of hydrogen-bond acceptors (Lipinski definition) is 25. The number of aryl methyl sites for hydroxylation is 3. The summed E-state index contributed by atoms with van der Waals surface area (Å²) in [6.45, 7) is 9.10. The zero-order chi connectivity index (χ0) is 102. The molecule has 147 heavy (non-hydrogen) atoms. The maximum atomic E-state index is 14.7. The Labute approximate surface area is 833 Å². The van der Waals surface area contributed by atoms with Gasteiger partial charge in [-0.1, -0.05) is 23.2 Å². The minimum atomic E-state index is -0.537. The monoisotopic (exact) mass is 2010 g/mol. The standard InChI is InChI=1S/2C21H14ClFN6O.3C20H16FN7O/c2*1-12(28-8-6-18-15(21(28)30)3-2-7-24-18)19-26-27-20-16(23)9-13(11-29(19)20)17-5-4-14(22)10-25-17;2*1-12(27-7-5-17-15(20(27)29)4-3-6-22-17)18-24-25-19-16(21)8-13(11-28(18)19)14-9-23-26(2)10-14;1-12(27-7-5-16-14(20(27)29)4-3-6-22-16)18-24-25-19-15(21)8-13(9-28(18)19)17-10-26(2)11-23-17/h2*2-12H,1H3;3*3-12H,1-2H3/t5*12-/m10101/s1. The number of nitrogens with zero attached hydrogens (tertiary/aromatic N) is 33. The SMILES string of the molecule is C[C@@H](c1nnc2c(F)cc(-c3ccc(Cl)cn3)cn12)n1ccc2ncccc2c1=O.C[C@@H](c1nnc2c(F)cc(-c3cnn(C)c3)cn12)n1ccc2ncccc2c1=O.C[C@H](c1nnc2c(F)cc(-c3ccc(Cl)cn3)cn12)n1ccc2ncccc2c1=O.C[C@H](c1nnc2c(F)cc(-c3cn(C)cn3)cn12)n1ccc2ncccc2c1=O.C[C@H](c1nnc2c(F)cc(-c3cnn(C)c3)cn12)n1ccc2ncccc2c1=O. The Hall–Kier alpha value is -18.9. The molecule has 0 bridgehead atoms. The van der Waals surface area contributed by atoms with E-state index in [0.29, 0.717) is 139 Å². The third-order valence-electron chi connectivity index (χ3n) is 25.0. The van der Waals surface area contributed by atoms with Gasteiger partial charge in [0.2, 0.25) is 0 Å². The summed E-state index contributed by atoms with van der Waals surface area (Å²) in [6.07, 6.45) is 38.6. The molecule has 0 aliphatic rings. The lowest BCUT2D eigenvalue weighted by atomic mass is 10.1. The van der Waals surface area contributed by atoms with Gasteiger partial charge in [0.05, 0.1) is 131 Å². The van der Waals surface area contributed by atoms with Crippen LogP contribution in [0.1, 0.15) is 93.9 Å². The summed E-state index contributed by atoms with van der Waals surface area (Å²) in [7, 11) is 5.44. The number of halogens is 7. The van der Waals surface area contributed by atoms with Crippen LogP contribution in [0.15, 0.2) is 312 Å². The molecule has 0 fully saturated rings. The van der Waals surface area contributed by atoms with Crippen LogP contribution in [-0.2, 0) is 21.1 Å². The Morgan fingerprint density at radius 2 is 0.517 bits per heavy atom. The first-order valence-corrected chi connectivity index (χ1v) is 46.1. The van der Waals surface area contributed by atoms with Gasteiger partial charge in [-0.05, 0) is 180 Å². The molecule has 45 heteroatoms. The van der Waals surface area contributed by atoms with Crippen molar-refractivity contribution in [2.24, 2.45) is 21.1 Å². The molecular weight excluding hydrogens is 1930 g/mol. The third kappa shape index (κ3) is 17.9. The smallest absolute Gasteiger partial charge is 0.260 e. The van der Waals surface area contributed by atoms with Crippen LogP contribution < -0.4 is 27.8 Å². The average molecular weight is 2010 g/mol. The largest absolute Gasteiger partial charge is 0.340 e. The van der Waals surface area contributed by atoms with Crippen molar-refractivity contribution < 1.29 is 22.0 Å². The van der Waals surface area contributed by atoms with Gasteiger partial charge in [0, 0.05) is 184 Å². The molecule has 0 amide bonds. The molecule has 25 rings (SSSR count). The van der Waals surface area contributed by atoms with E-state index in [0.717, 1.165) is 11.1 Å². The van der Waals surface area contributed by atoms with Crippen molar-refractivity contribution in [3.63, 3.8) is 0 Å². The highest BCUT2D eigenvalue weighted by Gasteiger charge is 2.29. The highest BCUT2D eigenvalue weighted by molar-refractivity contribution is 6.30. The highest BCUT2D eigenvalue weighted by atomic mass is 35.5. The summed E-state index contributed by atoms with van der Waals surface area (Å²) in [5.41, 5.74) is 8.82. The van der Waals surface area contributed by atoms with E-state index in [1.165, 1.54) is 51.9 Å². The second kappa shape index (κ2) is 38.8. The molecule has 0 aliphatic heterocycles. The van der Waals surface area contributed by atoms with Crippen LogP contribution in [0.3, 0.4) is 0 Å². The van der Waals surface area contributed by atoms with E-state index in [-0.39, 0.29) is 56.0 Å². The van der Waals surface area contributed by atoms with E-state index >= 15 is 0 Å². The maximum Gasteiger partial charge on any atom is 0.260 e. The minimum Gasteiger partial charge on any atom is -0.340 e. The molecule has 728 valence electrons. The maximum absolute atomic E-state index is 14.7. The summed E-state index contributed by atoms with van der Waals surface area (Å²) in [5.74, 6) is -0.369. The van der Waals surface area contributed by atoms with Crippen molar-refractivity contribution in [3.8, 4) is 56.0 Å². The molecule has 0 aromatic carbocycles. The minimum absolute atomic E-state index is 0.0741. The Balaban J connectivity index is 0.000000108. The Kier molecular flexibility index (Phi) is 24.9. The van der Waals surface area contributed by atoms with Gasteiger partial charge in [0.15, 0.2) is 86.4 Å². The Morgan fingerprint density at radius 3 is 0.748 bits per heavy atom. The quantitative estimate of drug-likeness (QED) is 0.0860. The molecule has 25 aromatic rings. The van der Waals surface area contributed by atoms with Crippen LogP contribution in [0.2, 0.25) is 10.0 Å². The van der Waals surface area contributed by atoms with Crippen LogP contribution in [0.4, 0.5) is 22.0 Å². The van der Waals surface area contributed by atoms with Gasteiger partial charge in [-0.25, -0.2) is 26.9 Å². The second-order valence-electron chi connectivity index (χ2n) is 34.3. The number of aromatic nitrogens is 33. The summed E-state index contributed by atoms with van der Waals surface area (Å²) < 4.78 is 94.1. The van der Waals surface area contributed by atoms with Crippen LogP contribution in [-0.4, -0.2) is 160 Å². The van der Waals surface area contributed by atoms with Crippen LogP contribution in [0.25, 0.3) is 139 Å². The van der Waals surface area contributed by atoms with Crippen LogP contribution >= 0.6 is 23.2 Å². The van der Waals surface area contributed by atoms with Gasteiger partial charge in [-0.3, -0.25) is 90.2 Å². The van der Waals surface area contributed by atoms with E-state index in [2.05, 4.69) is 101 Å². The lowest BCUT2D eigenvalue weighted by molar-refractivity contribution is 0.575. The van der Waals surface area contributed by atoms with Crippen molar-refractivity contribution in [1.82, 2.24) is 160 Å². The van der Waals surface area contributed by atoms with Gasteiger partial charge in [0.25, 0.3) is 27.8 Å². The fraction of sp³-hybridized carbons (Fsp3) is 0.127. The van der Waals surface area contributed by atoms with Crippen molar-refractivity contribution in [1.29, 1.82) is 0 Å². The summed E-state index contributed by atoms with van der Waals surface area (Å²) in [4.78, 5) is 98.5. The summed E-state index contributed by atoms with van der Waals surface area (Å²) in [6, 6.07) is 37.4. The van der Waals surface area contributed by atoms with E-state index in [1.54, 1.807) is 309 Å². The van der Waals surface area contributed by atoms with Crippen molar-refractivity contribution >= 4 is 106 Å². The fourth-order valence-corrected chi connectivity index (χ4v) is 17.6. The van der Waals surface area contributed by atoms with E-state index in [4.69, 9.17) is 23.2 Å². The molecule has 25 aromatic heterocycles. The van der Waals surface area contributed by atoms with E-state index in [1.807, 2.05) is 41.7 Å². The molecule has 0 saturated heterocycles. The number of rotatable bonds is 15. The molecule has 0 spiro atoms. The number of pyridine rings is 17. The number of hydrogen-bond donors (Lipinski definition) is 0. The molecular formula is C102H76Cl2F5N33O5. The molecule has 0 unspecified atom stereocenters. The molecule has 38 nitrogen and oxygen atoms in total. The van der Waals surface area contributed by atoms with E-state index < -0.39 is 59.3 Å². The van der Waals surface area contributed by atoms with E-state index in [9.17, 15) is 45.9 Å². The van der Waals surface area contributed by atoms with Gasteiger partial charge in [0.1, 0.15) is 0 Å². The second-order valence-corrected chi connectivity index (χ2v) is 35.2. The predicted octanol–water partition coefficient (Wildman–Crippen LogP) is 15.6. The van der Waals surface area contributed by atoms with Crippen LogP contribution in [0, 0.1) is 29.1 Å². The number of imidazole rings is 1. The van der Waals surface area contributed by atoms with Gasteiger partial charge >= 0.3 is 0 Å². The van der Waals surface area contributed by atoms with Gasteiger partial charge in [-0.2, -0.15) is 10.2 Å². The van der Waals surface area contributed by atoms with Crippen molar-refractivity contribution in [3.05, 3.63) is 408 Å². The lowest BCUT2D eigenvalue weighted by Crippen LogP contribution is -2.25. The average Bonchev–Trinajstić information content (AvgIpc) is 1.58. The molecule has 0 radical (unpaired) electrons. The van der Waals surface area contributed by atoms with Gasteiger partial charge in [-0.15, -0.1) is 51.0 Å². The zero-order valence-electron chi connectivity index (χ0n) is 78.5. The first-order valence-electron chi connectivity index (χ1n) is 45.3. The fourth-order valence-electron chi connectivity index (χ4n) is 17.4. The topological polar surface area (TPSA) is 405 Å². The summed E-state index contributed by atoms with van der Waals surface area (Å²) >= 11 is 11.8. The van der Waals surface area contributed by atoms with Crippen molar-refractivity contribution in [2.45, 2.75) is 64.8 Å². The zero-order valence-corrected chi connectivity index (χ0v) is 80.0. The highest BCUT2D eigenvalue weighted by Crippen LogP contribution is 2.33. The Bertz CT molecular complexity index is 9050. The third-order valence-corrected chi connectivity index (χ3v) is 25.4. The van der Waals surface area contributed by atoms with Crippen LogP contribution in [0.5, 0.6) is 0 Å². The Morgan fingerprint density at radius 1 is 0.265 bits per heavy atom. The molecule has 25 heterocycles.